The Kier molecular flexibility index (Phi) is 4.05. The predicted molar refractivity (Wildman–Crippen MR) is 75.8 cm³/mol. The highest BCUT2D eigenvalue weighted by atomic mass is 16.3. The van der Waals surface area contributed by atoms with E-state index in [9.17, 15) is 15.0 Å². The van der Waals surface area contributed by atoms with Crippen molar-refractivity contribution in [3.8, 4) is 11.5 Å². The normalized spacial score (nSPS) is 10.8. The number of benzene rings is 2. The first-order valence-corrected chi connectivity index (χ1v) is 6.62. The summed E-state index contributed by atoms with van der Waals surface area (Å²) in [4.78, 5) is 12.1. The number of ketones is 1. The standard InChI is InChI=1S/C16H18O3/c1-2-3-4-9-14(17)13-10-15(18)11-7-5-6-8-12(11)16(13)19/h5-8,10,18-19H,2-4,9H2,1H3. The van der Waals surface area contributed by atoms with Crippen LogP contribution in [0.4, 0.5) is 0 Å². The van der Waals surface area contributed by atoms with E-state index in [2.05, 4.69) is 6.92 Å². The SMILES string of the molecule is CCCCCC(=O)c1cc(O)c2ccccc2c1O. The Bertz CT molecular complexity index is 602. The fourth-order valence-electron chi connectivity index (χ4n) is 2.22. The van der Waals surface area contributed by atoms with Gasteiger partial charge in [-0.15, -0.1) is 0 Å². The molecule has 0 fully saturated rings. The number of unbranched alkanes of at least 4 members (excludes halogenated alkanes) is 2. The van der Waals surface area contributed by atoms with Gasteiger partial charge in [0.2, 0.25) is 0 Å². The molecule has 0 aliphatic carbocycles. The van der Waals surface area contributed by atoms with Crippen molar-refractivity contribution in [1.29, 1.82) is 0 Å². The number of aromatic hydroxyl groups is 2. The van der Waals surface area contributed by atoms with Crippen molar-refractivity contribution in [2.45, 2.75) is 32.6 Å². The molecule has 0 aromatic heterocycles. The molecule has 0 unspecified atom stereocenters. The molecule has 0 aliphatic heterocycles. The maximum atomic E-state index is 12.1. The van der Waals surface area contributed by atoms with Crippen molar-refractivity contribution in [3.05, 3.63) is 35.9 Å². The van der Waals surface area contributed by atoms with E-state index in [4.69, 9.17) is 0 Å². The first-order chi connectivity index (χ1) is 9.15. The Balaban J connectivity index is 2.39. The Morgan fingerprint density at radius 2 is 1.79 bits per heavy atom. The van der Waals surface area contributed by atoms with Gasteiger partial charge in [0.1, 0.15) is 11.5 Å². The summed E-state index contributed by atoms with van der Waals surface area (Å²) in [7, 11) is 0. The molecule has 2 N–H and O–H groups in total. The van der Waals surface area contributed by atoms with Gasteiger partial charge in [-0.2, -0.15) is 0 Å². The minimum absolute atomic E-state index is 0.0325. The molecule has 2 rings (SSSR count). The average Bonchev–Trinajstić information content (AvgIpc) is 2.43. The molecule has 0 saturated carbocycles. The van der Waals surface area contributed by atoms with Crippen molar-refractivity contribution >= 4 is 16.6 Å². The summed E-state index contributed by atoms with van der Waals surface area (Å²) >= 11 is 0. The second kappa shape index (κ2) is 5.74. The zero-order valence-electron chi connectivity index (χ0n) is 11.0. The topological polar surface area (TPSA) is 57.5 Å². The lowest BCUT2D eigenvalue weighted by Gasteiger charge is -2.09. The molecule has 2 aromatic rings. The van der Waals surface area contributed by atoms with E-state index >= 15 is 0 Å². The molecule has 0 aliphatic rings. The molecule has 100 valence electrons. The quantitative estimate of drug-likeness (QED) is 0.484. The smallest absolute Gasteiger partial charge is 0.166 e. The predicted octanol–water partition coefficient (Wildman–Crippen LogP) is 4.01. The summed E-state index contributed by atoms with van der Waals surface area (Å²) in [5.74, 6) is -0.117. The maximum Gasteiger partial charge on any atom is 0.166 e. The van der Waals surface area contributed by atoms with Crippen molar-refractivity contribution < 1.29 is 15.0 Å². The van der Waals surface area contributed by atoms with Crippen LogP contribution in [0.1, 0.15) is 43.0 Å². The third-order valence-electron chi connectivity index (χ3n) is 3.30. The average molecular weight is 258 g/mol. The molecular weight excluding hydrogens is 240 g/mol. The minimum atomic E-state index is -0.119. The summed E-state index contributed by atoms with van der Waals surface area (Å²) < 4.78 is 0. The number of fused-ring (bicyclic) bond motifs is 1. The third-order valence-corrected chi connectivity index (χ3v) is 3.30. The van der Waals surface area contributed by atoms with Crippen LogP contribution in [-0.2, 0) is 0 Å². The number of hydrogen-bond acceptors (Lipinski definition) is 3. The van der Waals surface area contributed by atoms with E-state index < -0.39 is 0 Å². The molecule has 0 atom stereocenters. The Hall–Kier alpha value is -2.03. The highest BCUT2D eigenvalue weighted by Gasteiger charge is 2.16. The van der Waals surface area contributed by atoms with Crippen LogP contribution >= 0.6 is 0 Å². The zero-order valence-corrected chi connectivity index (χ0v) is 11.0. The van der Waals surface area contributed by atoms with E-state index in [1.54, 1.807) is 24.3 Å². The van der Waals surface area contributed by atoms with E-state index in [-0.39, 0.29) is 22.8 Å². The first-order valence-electron chi connectivity index (χ1n) is 6.62. The second-order valence-corrected chi connectivity index (χ2v) is 4.72. The highest BCUT2D eigenvalue weighted by Crippen LogP contribution is 2.35. The Morgan fingerprint density at radius 1 is 1.11 bits per heavy atom. The molecule has 0 radical (unpaired) electrons. The molecule has 0 saturated heterocycles. The Morgan fingerprint density at radius 3 is 2.47 bits per heavy atom. The summed E-state index contributed by atoms with van der Waals surface area (Å²) in [5.41, 5.74) is 0.215. The van der Waals surface area contributed by atoms with Gasteiger partial charge in [0.15, 0.2) is 5.78 Å². The van der Waals surface area contributed by atoms with Gasteiger partial charge in [0.05, 0.1) is 5.56 Å². The second-order valence-electron chi connectivity index (χ2n) is 4.72. The van der Waals surface area contributed by atoms with Crippen LogP contribution in [0.2, 0.25) is 0 Å². The van der Waals surface area contributed by atoms with E-state index in [0.29, 0.717) is 17.2 Å². The van der Waals surface area contributed by atoms with Gasteiger partial charge in [-0.25, -0.2) is 0 Å². The summed E-state index contributed by atoms with van der Waals surface area (Å²) in [6.07, 6.45) is 3.25. The van der Waals surface area contributed by atoms with Crippen LogP contribution in [0.15, 0.2) is 30.3 Å². The van der Waals surface area contributed by atoms with E-state index in [1.165, 1.54) is 6.07 Å². The van der Waals surface area contributed by atoms with Gasteiger partial charge >= 0.3 is 0 Å². The van der Waals surface area contributed by atoms with Crippen molar-refractivity contribution in [3.63, 3.8) is 0 Å². The largest absolute Gasteiger partial charge is 0.507 e. The van der Waals surface area contributed by atoms with E-state index in [0.717, 1.165) is 19.3 Å². The number of carbonyl (C=O) groups excluding carboxylic acids is 1. The van der Waals surface area contributed by atoms with Gasteiger partial charge in [0, 0.05) is 17.2 Å². The van der Waals surface area contributed by atoms with Crippen molar-refractivity contribution in [2.24, 2.45) is 0 Å². The molecule has 3 nitrogen and oxygen atoms in total. The van der Waals surface area contributed by atoms with Crippen molar-refractivity contribution in [1.82, 2.24) is 0 Å². The lowest BCUT2D eigenvalue weighted by Crippen LogP contribution is -2.00. The summed E-state index contributed by atoms with van der Waals surface area (Å²) in [5, 5.41) is 21.2. The lowest BCUT2D eigenvalue weighted by molar-refractivity contribution is 0.0976. The van der Waals surface area contributed by atoms with Gasteiger partial charge in [-0.05, 0) is 12.5 Å². The zero-order chi connectivity index (χ0) is 13.8. The van der Waals surface area contributed by atoms with Crippen LogP contribution in [0.25, 0.3) is 10.8 Å². The van der Waals surface area contributed by atoms with E-state index in [1.807, 2.05) is 0 Å². The monoisotopic (exact) mass is 258 g/mol. The summed E-state index contributed by atoms with van der Waals surface area (Å²) in [6, 6.07) is 8.34. The van der Waals surface area contributed by atoms with Crippen LogP contribution in [0.5, 0.6) is 11.5 Å². The fraction of sp³-hybridized carbons (Fsp3) is 0.312. The van der Waals surface area contributed by atoms with Crippen LogP contribution in [0, 0.1) is 0 Å². The minimum Gasteiger partial charge on any atom is -0.507 e. The van der Waals surface area contributed by atoms with Crippen LogP contribution in [-0.4, -0.2) is 16.0 Å². The molecule has 0 spiro atoms. The number of phenols is 2. The summed E-state index contributed by atoms with van der Waals surface area (Å²) in [6.45, 7) is 2.07. The molecule has 0 amide bonds. The number of rotatable bonds is 5. The van der Waals surface area contributed by atoms with Crippen molar-refractivity contribution in [2.75, 3.05) is 0 Å². The number of phenolic OH excluding ortho intramolecular Hbond substituents is 2. The van der Waals surface area contributed by atoms with Crippen LogP contribution in [0.3, 0.4) is 0 Å². The van der Waals surface area contributed by atoms with Gasteiger partial charge in [-0.3, -0.25) is 4.79 Å². The van der Waals surface area contributed by atoms with Crippen LogP contribution < -0.4 is 0 Å². The highest BCUT2D eigenvalue weighted by molar-refractivity contribution is 6.06. The van der Waals surface area contributed by atoms with Gasteiger partial charge in [0.25, 0.3) is 0 Å². The Labute approximate surface area is 112 Å². The first kappa shape index (κ1) is 13.4. The third kappa shape index (κ3) is 2.70. The molecule has 0 bridgehead atoms. The van der Waals surface area contributed by atoms with Gasteiger partial charge in [-0.1, -0.05) is 44.0 Å². The molecule has 0 heterocycles. The fourth-order valence-corrected chi connectivity index (χ4v) is 2.22. The number of Topliss-reactive ketones (excluding diaryl/α,β-unsaturated/α-hetero) is 1. The molecule has 19 heavy (non-hydrogen) atoms. The van der Waals surface area contributed by atoms with Gasteiger partial charge < -0.3 is 10.2 Å². The molecular formula is C16H18O3. The maximum absolute atomic E-state index is 12.1. The lowest BCUT2D eigenvalue weighted by atomic mass is 9.99. The number of carbonyl (C=O) groups is 1. The number of hydrogen-bond donors (Lipinski definition) is 2. The molecule has 2 aromatic carbocycles. The molecule has 3 heteroatoms.